The molecule has 0 radical (unpaired) electrons. The van der Waals surface area contributed by atoms with Crippen molar-refractivity contribution in [3.63, 3.8) is 0 Å². The zero-order valence-corrected chi connectivity index (χ0v) is 9.53. The van der Waals surface area contributed by atoms with Crippen LogP contribution in [0.2, 0.25) is 0 Å². The minimum Gasteiger partial charge on any atom is -0.377 e. The van der Waals surface area contributed by atoms with Gasteiger partial charge in [-0.05, 0) is 12.5 Å². The first-order valence-corrected chi connectivity index (χ1v) is 5.10. The van der Waals surface area contributed by atoms with Crippen LogP contribution in [-0.2, 0) is 11.3 Å². The highest BCUT2D eigenvalue weighted by Crippen LogP contribution is 2.04. The van der Waals surface area contributed by atoms with Crippen LogP contribution in [0, 0.1) is 5.92 Å². The Kier molecular flexibility index (Phi) is 4.94. The predicted octanol–water partition coefficient (Wildman–Crippen LogP) is 0.146. The van der Waals surface area contributed by atoms with Crippen molar-refractivity contribution >= 4 is 5.91 Å². The minimum absolute atomic E-state index is 0.245. The second kappa shape index (κ2) is 6.24. The summed E-state index contributed by atoms with van der Waals surface area (Å²) >= 11 is 0. The highest BCUT2D eigenvalue weighted by Gasteiger charge is 2.12. The van der Waals surface area contributed by atoms with Crippen LogP contribution >= 0.6 is 0 Å². The first kappa shape index (κ1) is 12.7. The monoisotopic (exact) mass is 227 g/mol. The smallest absolute Gasteiger partial charge is 0.273 e. The normalized spacial score (nSPS) is 12.4. The van der Waals surface area contributed by atoms with Crippen LogP contribution in [0.4, 0.5) is 0 Å². The van der Waals surface area contributed by atoms with Gasteiger partial charge >= 0.3 is 0 Å². The van der Waals surface area contributed by atoms with Gasteiger partial charge in [0.25, 0.3) is 5.91 Å². The molecule has 0 spiro atoms. The average Bonchev–Trinajstić information content (AvgIpc) is 2.74. The van der Waals surface area contributed by atoms with Crippen molar-refractivity contribution in [2.45, 2.75) is 13.5 Å². The van der Waals surface area contributed by atoms with Crippen molar-refractivity contribution in [1.82, 2.24) is 10.5 Å². The number of hydrogen-bond acceptors (Lipinski definition) is 5. The van der Waals surface area contributed by atoms with E-state index < -0.39 is 0 Å². The van der Waals surface area contributed by atoms with Crippen molar-refractivity contribution in [2.75, 3.05) is 20.2 Å². The molecule has 0 aromatic carbocycles. The van der Waals surface area contributed by atoms with E-state index in [1.54, 1.807) is 13.2 Å². The molecule has 1 atom stereocenters. The summed E-state index contributed by atoms with van der Waals surface area (Å²) < 4.78 is 9.75. The lowest BCUT2D eigenvalue weighted by Crippen LogP contribution is -2.31. The largest absolute Gasteiger partial charge is 0.377 e. The van der Waals surface area contributed by atoms with Crippen molar-refractivity contribution in [2.24, 2.45) is 11.7 Å². The third-order valence-electron chi connectivity index (χ3n) is 2.09. The quantitative estimate of drug-likeness (QED) is 0.721. The molecule has 1 aromatic rings. The molecule has 0 unspecified atom stereocenters. The van der Waals surface area contributed by atoms with Crippen LogP contribution in [0.5, 0.6) is 0 Å². The first-order valence-electron chi connectivity index (χ1n) is 5.10. The molecule has 1 aromatic heterocycles. The molecule has 16 heavy (non-hydrogen) atoms. The summed E-state index contributed by atoms with van der Waals surface area (Å²) in [5.74, 6) is 0.514. The Morgan fingerprint density at radius 3 is 3.12 bits per heavy atom. The number of aromatic nitrogens is 1. The number of ether oxygens (including phenoxy) is 1. The van der Waals surface area contributed by atoms with Gasteiger partial charge in [-0.15, -0.1) is 0 Å². The fourth-order valence-corrected chi connectivity index (χ4v) is 1.07. The van der Waals surface area contributed by atoms with Gasteiger partial charge in [0.2, 0.25) is 0 Å². The molecule has 0 saturated heterocycles. The molecule has 1 amide bonds. The molecule has 0 bridgehead atoms. The number of nitrogens with zero attached hydrogens (tertiary/aromatic N) is 1. The number of hydrogen-bond donors (Lipinski definition) is 2. The van der Waals surface area contributed by atoms with E-state index in [2.05, 4.69) is 10.5 Å². The topological polar surface area (TPSA) is 90.4 Å². The molecule has 1 rings (SSSR count). The first-order chi connectivity index (χ1) is 7.67. The summed E-state index contributed by atoms with van der Waals surface area (Å²) in [6.45, 7) is 3.33. The highest BCUT2D eigenvalue weighted by atomic mass is 16.5. The Morgan fingerprint density at radius 1 is 1.75 bits per heavy atom. The van der Waals surface area contributed by atoms with Crippen molar-refractivity contribution < 1.29 is 14.1 Å². The number of carbonyl (C=O) groups excluding carboxylic acids is 1. The van der Waals surface area contributed by atoms with Gasteiger partial charge in [-0.2, -0.15) is 0 Å². The van der Waals surface area contributed by atoms with Crippen LogP contribution in [-0.4, -0.2) is 31.3 Å². The van der Waals surface area contributed by atoms with Gasteiger partial charge in [-0.1, -0.05) is 12.1 Å². The molecular weight excluding hydrogens is 210 g/mol. The molecule has 0 saturated carbocycles. The summed E-state index contributed by atoms with van der Waals surface area (Å²) in [6.07, 6.45) is 0. The molecular formula is C10H17N3O3. The molecule has 0 fully saturated rings. The van der Waals surface area contributed by atoms with E-state index in [1.807, 2.05) is 6.92 Å². The second-order valence-corrected chi connectivity index (χ2v) is 3.66. The summed E-state index contributed by atoms with van der Waals surface area (Å²) in [5, 5.41) is 6.36. The maximum Gasteiger partial charge on any atom is 0.273 e. The van der Waals surface area contributed by atoms with E-state index in [4.69, 9.17) is 15.0 Å². The molecule has 6 nitrogen and oxygen atoms in total. The van der Waals surface area contributed by atoms with E-state index in [9.17, 15) is 4.79 Å². The molecule has 1 heterocycles. The Morgan fingerprint density at radius 2 is 2.50 bits per heavy atom. The zero-order valence-electron chi connectivity index (χ0n) is 9.53. The maximum atomic E-state index is 11.6. The van der Waals surface area contributed by atoms with E-state index in [-0.39, 0.29) is 17.5 Å². The van der Waals surface area contributed by atoms with Crippen LogP contribution < -0.4 is 11.1 Å². The Balaban J connectivity index is 2.46. The third kappa shape index (κ3) is 3.63. The van der Waals surface area contributed by atoms with Gasteiger partial charge in [0.15, 0.2) is 11.5 Å². The number of nitrogens with two attached hydrogens (primary N) is 1. The summed E-state index contributed by atoms with van der Waals surface area (Å²) in [7, 11) is 1.55. The Bertz CT molecular complexity index is 338. The Labute approximate surface area is 94.1 Å². The van der Waals surface area contributed by atoms with Crippen molar-refractivity contribution in [3.05, 3.63) is 17.5 Å². The lowest BCUT2D eigenvalue weighted by Gasteiger charge is -2.08. The summed E-state index contributed by atoms with van der Waals surface area (Å²) in [6, 6.07) is 1.56. The van der Waals surface area contributed by atoms with Crippen molar-refractivity contribution in [1.29, 1.82) is 0 Å². The summed E-state index contributed by atoms with van der Waals surface area (Å²) in [4.78, 5) is 11.6. The number of nitrogens with one attached hydrogen (secondary N) is 1. The second-order valence-electron chi connectivity index (χ2n) is 3.66. The van der Waals surface area contributed by atoms with Gasteiger partial charge in [0, 0.05) is 19.7 Å². The van der Waals surface area contributed by atoms with E-state index in [1.165, 1.54) is 0 Å². The summed E-state index contributed by atoms with van der Waals surface area (Å²) in [5.41, 5.74) is 5.70. The fourth-order valence-electron chi connectivity index (χ4n) is 1.07. The SMILES string of the molecule is COCc1cc(C(=O)NC[C@H](C)CN)no1. The Hall–Kier alpha value is -1.40. The lowest BCUT2D eigenvalue weighted by molar-refractivity contribution is 0.0938. The number of methoxy groups -OCH3 is 1. The van der Waals surface area contributed by atoms with Gasteiger partial charge < -0.3 is 20.3 Å². The fraction of sp³-hybridized carbons (Fsp3) is 0.600. The van der Waals surface area contributed by atoms with Crippen LogP contribution in [0.25, 0.3) is 0 Å². The standard InChI is InChI=1S/C10H17N3O3/c1-7(4-11)5-12-10(14)9-3-8(6-15-2)16-13-9/h3,7H,4-6,11H2,1-2H3,(H,12,14)/t7-/m1/s1. The van der Waals surface area contributed by atoms with Gasteiger partial charge in [0.1, 0.15) is 6.61 Å². The third-order valence-corrected chi connectivity index (χ3v) is 2.09. The van der Waals surface area contributed by atoms with E-state index in [0.717, 1.165) is 0 Å². The average molecular weight is 227 g/mol. The zero-order chi connectivity index (χ0) is 12.0. The molecule has 0 aliphatic rings. The van der Waals surface area contributed by atoms with Crippen LogP contribution in [0.3, 0.4) is 0 Å². The van der Waals surface area contributed by atoms with Gasteiger partial charge in [-0.3, -0.25) is 4.79 Å². The van der Waals surface area contributed by atoms with Crippen molar-refractivity contribution in [3.8, 4) is 0 Å². The van der Waals surface area contributed by atoms with Gasteiger partial charge in [0.05, 0.1) is 0 Å². The molecule has 3 N–H and O–H groups in total. The number of carbonyl (C=O) groups is 1. The van der Waals surface area contributed by atoms with E-state index >= 15 is 0 Å². The number of rotatable bonds is 6. The highest BCUT2D eigenvalue weighted by molar-refractivity contribution is 5.92. The molecule has 90 valence electrons. The van der Waals surface area contributed by atoms with E-state index in [0.29, 0.717) is 25.5 Å². The maximum absolute atomic E-state index is 11.6. The minimum atomic E-state index is -0.258. The molecule has 0 aliphatic heterocycles. The van der Waals surface area contributed by atoms with Gasteiger partial charge in [-0.25, -0.2) is 0 Å². The predicted molar refractivity (Wildman–Crippen MR) is 57.8 cm³/mol. The molecule has 6 heteroatoms. The van der Waals surface area contributed by atoms with Crippen LogP contribution in [0.1, 0.15) is 23.2 Å². The van der Waals surface area contributed by atoms with Crippen LogP contribution in [0.15, 0.2) is 10.6 Å². The lowest BCUT2D eigenvalue weighted by atomic mass is 10.2. The molecule has 0 aliphatic carbocycles. The number of amides is 1.